The molecule has 1 fully saturated rings. The average Bonchev–Trinajstić information content (AvgIpc) is 3.19. The zero-order valence-electron chi connectivity index (χ0n) is 16.6. The van der Waals surface area contributed by atoms with Crippen LogP contribution in [0.3, 0.4) is 0 Å². The number of rotatable bonds is 6. The number of ether oxygens (including phenoxy) is 1. The van der Waals surface area contributed by atoms with Gasteiger partial charge in [-0.15, -0.1) is 0 Å². The van der Waals surface area contributed by atoms with Crippen molar-refractivity contribution in [3.63, 3.8) is 0 Å². The number of nitrogens with zero attached hydrogens (tertiary/aromatic N) is 2. The summed E-state index contributed by atoms with van der Waals surface area (Å²) in [6.45, 7) is 4.75. The Hall–Kier alpha value is -3.28. The number of amides is 1. The molecular weight excluding hydrogens is 366 g/mol. The fraction of sp³-hybridized carbons (Fsp3) is 0.304. The molecule has 2 aromatic carbocycles. The Labute approximate surface area is 170 Å². The smallest absolute Gasteiger partial charge is 0.307 e. The first-order valence-electron chi connectivity index (χ1n) is 10.1. The van der Waals surface area contributed by atoms with Crippen molar-refractivity contribution in [1.82, 2.24) is 5.43 Å². The monoisotopic (exact) mass is 391 g/mol. The molecule has 0 bridgehead atoms. The van der Waals surface area contributed by atoms with Crippen LogP contribution in [0.4, 0.5) is 5.69 Å². The molecule has 1 saturated heterocycles. The fourth-order valence-corrected chi connectivity index (χ4v) is 3.53. The van der Waals surface area contributed by atoms with Gasteiger partial charge in [0.15, 0.2) is 5.76 Å². The molecule has 1 aliphatic heterocycles. The number of hydrogen-bond donors (Lipinski definition) is 1. The molecule has 1 aromatic heterocycles. The van der Waals surface area contributed by atoms with E-state index in [0.29, 0.717) is 12.2 Å². The third-order valence-corrected chi connectivity index (χ3v) is 5.02. The third kappa shape index (κ3) is 4.59. The van der Waals surface area contributed by atoms with Crippen LogP contribution >= 0.6 is 0 Å². The first-order chi connectivity index (χ1) is 14.2. The summed E-state index contributed by atoms with van der Waals surface area (Å²) in [5.41, 5.74) is 5.32. The Morgan fingerprint density at radius 2 is 1.93 bits per heavy atom. The van der Waals surface area contributed by atoms with E-state index < -0.39 is 0 Å². The Balaban J connectivity index is 1.37. The summed E-state index contributed by atoms with van der Waals surface area (Å²) in [4.78, 5) is 14.7. The minimum absolute atomic E-state index is 0.214. The molecule has 1 amide bonds. The largest absolute Gasteiger partial charge is 0.494 e. The van der Waals surface area contributed by atoms with Gasteiger partial charge in [0.25, 0.3) is 0 Å². The predicted octanol–water partition coefficient (Wildman–Crippen LogP) is 4.59. The highest BCUT2D eigenvalue weighted by Gasteiger charge is 2.12. The van der Waals surface area contributed by atoms with Gasteiger partial charge < -0.3 is 14.1 Å². The van der Waals surface area contributed by atoms with E-state index in [1.54, 1.807) is 18.3 Å². The molecule has 0 spiro atoms. The van der Waals surface area contributed by atoms with Crippen molar-refractivity contribution in [2.45, 2.75) is 26.2 Å². The highest BCUT2D eigenvalue weighted by Crippen LogP contribution is 2.24. The first-order valence-corrected chi connectivity index (χ1v) is 10.1. The van der Waals surface area contributed by atoms with Gasteiger partial charge in [-0.1, -0.05) is 12.1 Å². The third-order valence-electron chi connectivity index (χ3n) is 5.02. The topological polar surface area (TPSA) is 67.1 Å². The first kappa shape index (κ1) is 19.1. The summed E-state index contributed by atoms with van der Waals surface area (Å²) in [6.07, 6.45) is 5.46. The SMILES string of the molecule is CCOc1ccc2oc(C(=O)N/N=C/c3ccc(N4CCCCC4)cc3)cc2c1. The van der Waals surface area contributed by atoms with Gasteiger partial charge in [0.2, 0.25) is 0 Å². The number of carbonyl (C=O) groups is 1. The number of carbonyl (C=O) groups excluding carboxylic acids is 1. The Kier molecular flexibility index (Phi) is 5.79. The van der Waals surface area contributed by atoms with Crippen LogP contribution < -0.4 is 15.1 Å². The summed E-state index contributed by atoms with van der Waals surface area (Å²) in [5, 5.41) is 4.87. The van der Waals surface area contributed by atoms with Gasteiger partial charge in [0.1, 0.15) is 11.3 Å². The van der Waals surface area contributed by atoms with E-state index in [1.807, 2.05) is 31.2 Å². The van der Waals surface area contributed by atoms with Crippen LogP contribution in [0.15, 0.2) is 58.0 Å². The van der Waals surface area contributed by atoms with Crippen molar-refractivity contribution in [3.05, 3.63) is 59.9 Å². The summed E-state index contributed by atoms with van der Waals surface area (Å²) >= 11 is 0. The lowest BCUT2D eigenvalue weighted by molar-refractivity contribution is 0.0929. The highest BCUT2D eigenvalue weighted by molar-refractivity contribution is 5.96. The second-order valence-corrected chi connectivity index (χ2v) is 7.08. The van der Waals surface area contributed by atoms with Gasteiger partial charge in [-0.25, -0.2) is 5.43 Å². The zero-order chi connectivity index (χ0) is 20.1. The lowest BCUT2D eigenvalue weighted by atomic mass is 10.1. The molecule has 6 nitrogen and oxygen atoms in total. The van der Waals surface area contributed by atoms with Crippen molar-refractivity contribution in [2.24, 2.45) is 5.10 Å². The van der Waals surface area contributed by atoms with Crippen molar-refractivity contribution < 1.29 is 13.9 Å². The van der Waals surface area contributed by atoms with Crippen LogP contribution in [0.2, 0.25) is 0 Å². The molecule has 2 heterocycles. The van der Waals surface area contributed by atoms with Crippen LogP contribution in [0.5, 0.6) is 5.75 Å². The van der Waals surface area contributed by atoms with Crippen LogP contribution in [0.25, 0.3) is 11.0 Å². The molecule has 0 saturated carbocycles. The molecule has 0 aliphatic carbocycles. The average molecular weight is 391 g/mol. The lowest BCUT2D eigenvalue weighted by Gasteiger charge is -2.28. The fourth-order valence-electron chi connectivity index (χ4n) is 3.53. The van der Waals surface area contributed by atoms with Crippen molar-refractivity contribution >= 4 is 28.8 Å². The number of piperidine rings is 1. The van der Waals surface area contributed by atoms with Crippen LogP contribution in [0, 0.1) is 0 Å². The molecular formula is C23H25N3O3. The van der Waals surface area contributed by atoms with Gasteiger partial charge in [-0.2, -0.15) is 5.10 Å². The molecule has 4 rings (SSSR count). The number of hydrazone groups is 1. The molecule has 1 aliphatic rings. The van der Waals surface area contributed by atoms with Crippen LogP contribution in [-0.4, -0.2) is 31.8 Å². The Morgan fingerprint density at radius 1 is 1.14 bits per heavy atom. The van der Waals surface area contributed by atoms with Crippen LogP contribution in [0.1, 0.15) is 42.3 Å². The predicted molar refractivity (Wildman–Crippen MR) is 115 cm³/mol. The maximum absolute atomic E-state index is 12.3. The van der Waals surface area contributed by atoms with Crippen molar-refractivity contribution in [2.75, 3.05) is 24.6 Å². The minimum Gasteiger partial charge on any atom is -0.494 e. The van der Waals surface area contributed by atoms with Gasteiger partial charge in [0.05, 0.1) is 12.8 Å². The van der Waals surface area contributed by atoms with Gasteiger partial charge in [-0.3, -0.25) is 4.79 Å². The van der Waals surface area contributed by atoms with Crippen LogP contribution in [-0.2, 0) is 0 Å². The maximum atomic E-state index is 12.3. The molecule has 150 valence electrons. The number of fused-ring (bicyclic) bond motifs is 1. The standard InChI is InChI=1S/C23H25N3O3/c1-2-28-20-10-11-21-18(14-20)15-22(29-21)23(27)25-24-16-17-6-8-19(9-7-17)26-12-4-3-5-13-26/h6-11,14-16H,2-5,12-13H2,1H3,(H,25,27)/b24-16+. The highest BCUT2D eigenvalue weighted by atomic mass is 16.5. The Bertz CT molecular complexity index is 1000. The summed E-state index contributed by atoms with van der Waals surface area (Å²) in [5.74, 6) is 0.574. The molecule has 0 atom stereocenters. The minimum atomic E-state index is -0.389. The number of hydrogen-bond acceptors (Lipinski definition) is 5. The maximum Gasteiger partial charge on any atom is 0.307 e. The number of anilines is 1. The summed E-state index contributed by atoms with van der Waals surface area (Å²) in [7, 11) is 0. The van der Waals surface area contributed by atoms with Crippen molar-refractivity contribution in [3.8, 4) is 5.75 Å². The van der Waals surface area contributed by atoms with E-state index in [2.05, 4.69) is 27.6 Å². The van der Waals surface area contributed by atoms with E-state index >= 15 is 0 Å². The number of benzene rings is 2. The quantitative estimate of drug-likeness (QED) is 0.493. The Morgan fingerprint density at radius 3 is 2.69 bits per heavy atom. The summed E-state index contributed by atoms with van der Waals surface area (Å²) < 4.78 is 11.1. The normalized spacial score (nSPS) is 14.4. The van der Waals surface area contributed by atoms with E-state index in [1.165, 1.54) is 24.9 Å². The number of nitrogens with one attached hydrogen (secondary N) is 1. The molecule has 3 aromatic rings. The van der Waals surface area contributed by atoms with E-state index in [9.17, 15) is 4.79 Å². The molecule has 0 unspecified atom stereocenters. The zero-order valence-corrected chi connectivity index (χ0v) is 16.6. The lowest BCUT2D eigenvalue weighted by Crippen LogP contribution is -2.29. The van der Waals surface area contributed by atoms with Gasteiger partial charge >= 0.3 is 5.91 Å². The molecule has 1 N–H and O–H groups in total. The summed E-state index contributed by atoms with van der Waals surface area (Å²) in [6, 6.07) is 15.4. The number of furan rings is 1. The van der Waals surface area contributed by atoms with Crippen molar-refractivity contribution in [1.29, 1.82) is 0 Å². The van der Waals surface area contributed by atoms with E-state index in [-0.39, 0.29) is 11.7 Å². The molecule has 29 heavy (non-hydrogen) atoms. The second kappa shape index (κ2) is 8.82. The van der Waals surface area contributed by atoms with E-state index in [0.717, 1.165) is 29.8 Å². The molecule has 6 heteroatoms. The van der Waals surface area contributed by atoms with E-state index in [4.69, 9.17) is 9.15 Å². The molecule has 0 radical (unpaired) electrons. The van der Waals surface area contributed by atoms with Gasteiger partial charge in [-0.05, 0) is 68.1 Å². The second-order valence-electron chi connectivity index (χ2n) is 7.08. The van der Waals surface area contributed by atoms with Gasteiger partial charge in [0, 0.05) is 24.2 Å².